The first-order valence-electron chi connectivity index (χ1n) is 12.4. The van der Waals surface area contributed by atoms with Crippen LogP contribution in [0.4, 0.5) is 0 Å². The standard InChI is InChI=1S/C25H37N3O6/c1-5-34-25(33)17-9-8-12-27(14-17)21(29)15-26(4)24(32)20(13-16(2)3)28-22(30)18-10-6-7-11-19(18)23(28)31/h6-7,16-20H,5,8-15H2,1-4H3. The van der Waals surface area contributed by atoms with Gasteiger partial charge in [0, 0.05) is 20.1 Å². The summed E-state index contributed by atoms with van der Waals surface area (Å²) < 4.78 is 5.10. The molecule has 0 saturated carbocycles. The molecule has 9 heteroatoms. The van der Waals surface area contributed by atoms with Gasteiger partial charge in [0.1, 0.15) is 6.04 Å². The second-order valence-corrected chi connectivity index (χ2v) is 9.97. The highest BCUT2D eigenvalue weighted by Gasteiger charge is 2.51. The van der Waals surface area contributed by atoms with Gasteiger partial charge in [-0.2, -0.15) is 0 Å². The second-order valence-electron chi connectivity index (χ2n) is 9.97. The van der Waals surface area contributed by atoms with Crippen LogP contribution in [0, 0.1) is 23.7 Å². The van der Waals surface area contributed by atoms with Gasteiger partial charge in [-0.25, -0.2) is 0 Å². The number of likely N-dealkylation sites (tertiary alicyclic amines) is 2. The minimum Gasteiger partial charge on any atom is -0.466 e. The molecule has 4 unspecified atom stereocenters. The largest absolute Gasteiger partial charge is 0.466 e. The zero-order valence-electron chi connectivity index (χ0n) is 20.7. The second kappa shape index (κ2) is 11.1. The van der Waals surface area contributed by atoms with Crippen molar-refractivity contribution in [1.82, 2.24) is 14.7 Å². The van der Waals surface area contributed by atoms with E-state index in [0.717, 1.165) is 0 Å². The van der Waals surface area contributed by atoms with Crippen molar-refractivity contribution in [2.75, 3.05) is 33.3 Å². The first-order chi connectivity index (χ1) is 16.1. The molecule has 188 valence electrons. The number of nitrogens with zero attached hydrogens (tertiary/aromatic N) is 3. The summed E-state index contributed by atoms with van der Waals surface area (Å²) in [6.45, 7) is 6.54. The lowest BCUT2D eigenvalue weighted by atomic mass is 9.85. The average molecular weight is 476 g/mol. The molecule has 34 heavy (non-hydrogen) atoms. The molecule has 4 amide bonds. The van der Waals surface area contributed by atoms with Crippen LogP contribution in [-0.4, -0.2) is 83.6 Å². The van der Waals surface area contributed by atoms with Crippen molar-refractivity contribution < 1.29 is 28.7 Å². The number of fused-ring (bicyclic) bond motifs is 1. The van der Waals surface area contributed by atoms with Gasteiger partial charge in [0.15, 0.2) is 0 Å². The predicted molar refractivity (Wildman–Crippen MR) is 124 cm³/mol. The number of allylic oxidation sites excluding steroid dienone is 2. The smallest absolute Gasteiger partial charge is 0.310 e. The van der Waals surface area contributed by atoms with E-state index in [1.807, 2.05) is 26.0 Å². The third kappa shape index (κ3) is 5.50. The normalized spacial score (nSPS) is 25.4. The third-order valence-electron chi connectivity index (χ3n) is 6.98. The molecule has 2 aliphatic heterocycles. The van der Waals surface area contributed by atoms with E-state index in [-0.39, 0.29) is 48.6 Å². The molecule has 0 aromatic carbocycles. The predicted octanol–water partition coefficient (Wildman–Crippen LogP) is 1.61. The molecule has 2 saturated heterocycles. The molecule has 0 aromatic heterocycles. The maximum absolute atomic E-state index is 13.5. The lowest BCUT2D eigenvalue weighted by Crippen LogP contribution is -2.53. The van der Waals surface area contributed by atoms with Crippen LogP contribution in [0.25, 0.3) is 0 Å². The molecule has 4 atom stereocenters. The van der Waals surface area contributed by atoms with Crippen LogP contribution in [0.5, 0.6) is 0 Å². The number of rotatable bonds is 8. The number of piperidine rings is 1. The van der Waals surface area contributed by atoms with Crippen molar-refractivity contribution in [3.8, 4) is 0 Å². The van der Waals surface area contributed by atoms with Crippen molar-refractivity contribution in [1.29, 1.82) is 0 Å². The summed E-state index contributed by atoms with van der Waals surface area (Å²) in [6, 6.07) is -0.919. The van der Waals surface area contributed by atoms with Crippen molar-refractivity contribution in [3.05, 3.63) is 12.2 Å². The summed E-state index contributed by atoms with van der Waals surface area (Å²) in [5, 5.41) is 0. The van der Waals surface area contributed by atoms with Crippen molar-refractivity contribution in [3.63, 3.8) is 0 Å². The van der Waals surface area contributed by atoms with Gasteiger partial charge in [0.2, 0.25) is 23.6 Å². The Morgan fingerprint density at radius 2 is 1.74 bits per heavy atom. The Morgan fingerprint density at radius 3 is 2.29 bits per heavy atom. The number of amides is 4. The highest BCUT2D eigenvalue weighted by molar-refractivity contribution is 6.08. The van der Waals surface area contributed by atoms with Gasteiger partial charge in [-0.3, -0.25) is 28.9 Å². The molecule has 0 radical (unpaired) electrons. The Bertz CT molecular complexity index is 828. The van der Waals surface area contributed by atoms with Gasteiger partial charge in [-0.15, -0.1) is 0 Å². The van der Waals surface area contributed by atoms with E-state index in [1.165, 1.54) is 16.8 Å². The van der Waals surface area contributed by atoms with Crippen LogP contribution >= 0.6 is 0 Å². The molecule has 3 rings (SSSR count). The molecule has 0 N–H and O–H groups in total. The molecule has 1 aliphatic carbocycles. The maximum atomic E-state index is 13.5. The molecule has 2 fully saturated rings. The van der Waals surface area contributed by atoms with E-state index < -0.39 is 23.8 Å². The summed E-state index contributed by atoms with van der Waals surface area (Å²) in [5.74, 6) is -2.63. The first-order valence-corrected chi connectivity index (χ1v) is 12.4. The van der Waals surface area contributed by atoms with Gasteiger partial charge < -0.3 is 14.5 Å². The van der Waals surface area contributed by atoms with Crippen molar-refractivity contribution in [2.24, 2.45) is 23.7 Å². The fourth-order valence-corrected chi connectivity index (χ4v) is 5.19. The summed E-state index contributed by atoms with van der Waals surface area (Å²) in [6.07, 6.45) is 6.57. The maximum Gasteiger partial charge on any atom is 0.310 e. The first kappa shape index (κ1) is 25.9. The van der Waals surface area contributed by atoms with Gasteiger partial charge in [0.25, 0.3) is 0 Å². The van der Waals surface area contributed by atoms with E-state index >= 15 is 0 Å². The molecular formula is C25H37N3O6. The van der Waals surface area contributed by atoms with E-state index in [4.69, 9.17) is 4.74 Å². The monoisotopic (exact) mass is 475 g/mol. The Morgan fingerprint density at radius 1 is 1.12 bits per heavy atom. The Hall–Kier alpha value is -2.71. The highest BCUT2D eigenvalue weighted by atomic mass is 16.5. The number of ether oxygens (including phenoxy) is 1. The van der Waals surface area contributed by atoms with E-state index in [1.54, 1.807) is 11.8 Å². The Balaban J connectivity index is 1.68. The van der Waals surface area contributed by atoms with Crippen LogP contribution in [0.15, 0.2) is 12.2 Å². The quantitative estimate of drug-likeness (QED) is 0.300. The van der Waals surface area contributed by atoms with Crippen LogP contribution in [0.3, 0.4) is 0 Å². The molecule has 0 bridgehead atoms. The summed E-state index contributed by atoms with van der Waals surface area (Å²) in [7, 11) is 1.53. The average Bonchev–Trinajstić information content (AvgIpc) is 3.07. The van der Waals surface area contributed by atoms with Crippen LogP contribution in [0.1, 0.15) is 52.9 Å². The fraction of sp³-hybridized carbons (Fsp3) is 0.720. The van der Waals surface area contributed by atoms with Crippen LogP contribution < -0.4 is 0 Å². The SMILES string of the molecule is CCOC(=O)C1CCCN(C(=O)CN(C)C(=O)C(CC(C)C)N2C(=O)C3CC=CCC3C2=O)C1. The molecule has 2 heterocycles. The lowest BCUT2D eigenvalue weighted by Gasteiger charge is -2.34. The Labute approximate surface area is 201 Å². The zero-order chi connectivity index (χ0) is 25.0. The molecule has 0 aromatic rings. The van der Waals surface area contributed by atoms with Gasteiger partial charge in [-0.05, 0) is 44.9 Å². The van der Waals surface area contributed by atoms with E-state index in [9.17, 15) is 24.0 Å². The third-order valence-corrected chi connectivity index (χ3v) is 6.98. The summed E-state index contributed by atoms with van der Waals surface area (Å²) >= 11 is 0. The van der Waals surface area contributed by atoms with Crippen molar-refractivity contribution >= 4 is 29.6 Å². The number of carbonyl (C=O) groups is 5. The topological polar surface area (TPSA) is 104 Å². The molecule has 3 aliphatic rings. The van der Waals surface area contributed by atoms with Gasteiger partial charge >= 0.3 is 5.97 Å². The van der Waals surface area contributed by atoms with Crippen LogP contribution in [0.2, 0.25) is 0 Å². The highest BCUT2D eigenvalue weighted by Crippen LogP contribution is 2.37. The Kier molecular flexibility index (Phi) is 8.49. The van der Waals surface area contributed by atoms with E-state index in [2.05, 4.69) is 0 Å². The minimum atomic E-state index is -0.919. The zero-order valence-corrected chi connectivity index (χ0v) is 20.7. The van der Waals surface area contributed by atoms with E-state index in [0.29, 0.717) is 45.3 Å². The summed E-state index contributed by atoms with van der Waals surface area (Å²) in [5.41, 5.74) is 0. The number of hydrogen-bond donors (Lipinski definition) is 0. The number of hydrogen-bond acceptors (Lipinski definition) is 6. The molecule has 0 spiro atoms. The number of carbonyl (C=O) groups excluding carboxylic acids is 5. The minimum absolute atomic E-state index is 0.0758. The van der Waals surface area contributed by atoms with Gasteiger partial charge in [-0.1, -0.05) is 26.0 Å². The summed E-state index contributed by atoms with van der Waals surface area (Å²) in [4.78, 5) is 68.8. The molecular weight excluding hydrogens is 438 g/mol. The van der Waals surface area contributed by atoms with Gasteiger partial charge in [0.05, 0.1) is 30.9 Å². The number of likely N-dealkylation sites (N-methyl/N-ethyl adjacent to an activating group) is 1. The lowest BCUT2D eigenvalue weighted by molar-refractivity contribution is -0.153. The number of esters is 1. The molecule has 9 nitrogen and oxygen atoms in total. The van der Waals surface area contributed by atoms with Crippen LogP contribution in [-0.2, 0) is 28.7 Å². The number of imide groups is 1. The van der Waals surface area contributed by atoms with Crippen molar-refractivity contribution in [2.45, 2.75) is 58.9 Å². The fourth-order valence-electron chi connectivity index (χ4n) is 5.19.